The maximum atomic E-state index is 15.3. The van der Waals surface area contributed by atoms with Crippen LogP contribution in [-0.2, 0) is 13.6 Å². The summed E-state index contributed by atoms with van der Waals surface area (Å²) in [4.78, 5) is 51.2. The van der Waals surface area contributed by atoms with Crippen molar-refractivity contribution in [1.82, 2.24) is 13.7 Å². The maximum Gasteiger partial charge on any atom is 0.337 e. The fourth-order valence-electron chi connectivity index (χ4n) is 4.41. The van der Waals surface area contributed by atoms with Crippen molar-refractivity contribution < 1.29 is 23.2 Å². The number of fused-ring (bicyclic) bond motifs is 1. The predicted octanol–water partition coefficient (Wildman–Crippen LogP) is 4.49. The molecular formula is C28H19F2IN4O7. The number of methoxy groups -OCH3 is 1. The number of hydrogen-bond acceptors (Lipinski definition) is 7. The lowest BCUT2D eigenvalue weighted by molar-refractivity contribution is -0.387. The lowest BCUT2D eigenvalue weighted by Gasteiger charge is -2.19. The zero-order valence-corrected chi connectivity index (χ0v) is 24.0. The van der Waals surface area contributed by atoms with Crippen molar-refractivity contribution in [3.63, 3.8) is 0 Å². The number of aryl methyl sites for hydroxylation is 1. The number of aromatic nitrogens is 3. The third-order valence-corrected chi connectivity index (χ3v) is 7.15. The van der Waals surface area contributed by atoms with Crippen LogP contribution in [0.5, 0.6) is 17.2 Å². The van der Waals surface area contributed by atoms with Gasteiger partial charge in [-0.25, -0.2) is 13.8 Å². The van der Waals surface area contributed by atoms with Crippen LogP contribution in [0.1, 0.15) is 5.56 Å². The molecule has 214 valence electrons. The zero-order chi connectivity index (χ0) is 30.3. The van der Waals surface area contributed by atoms with E-state index in [1.807, 2.05) is 22.6 Å². The number of benzene rings is 3. The second-order valence-electron chi connectivity index (χ2n) is 9.01. The van der Waals surface area contributed by atoms with E-state index in [9.17, 15) is 28.9 Å². The van der Waals surface area contributed by atoms with Crippen LogP contribution in [0.3, 0.4) is 0 Å². The van der Waals surface area contributed by atoms with E-state index in [0.29, 0.717) is 14.9 Å². The fraction of sp³-hybridized carbons (Fsp3) is 0.107. The molecule has 3 aromatic carbocycles. The maximum absolute atomic E-state index is 15.3. The molecular weight excluding hydrogens is 669 g/mol. The van der Waals surface area contributed by atoms with Crippen LogP contribution in [0.25, 0.3) is 16.7 Å². The first kappa shape index (κ1) is 28.7. The van der Waals surface area contributed by atoms with Crippen molar-refractivity contribution in [2.45, 2.75) is 6.54 Å². The van der Waals surface area contributed by atoms with E-state index >= 15 is 4.39 Å². The van der Waals surface area contributed by atoms with Crippen molar-refractivity contribution in [2.24, 2.45) is 7.05 Å². The summed E-state index contributed by atoms with van der Waals surface area (Å²) in [6.45, 7) is -0.267. The first-order valence-corrected chi connectivity index (χ1v) is 13.2. The number of ether oxygens (including phenoxy) is 2. The Bertz CT molecular complexity index is 2070. The lowest BCUT2D eigenvalue weighted by Crippen LogP contribution is -2.42. The Kier molecular flexibility index (Phi) is 7.64. The number of nitrogens with zero attached hydrogens (tertiary/aromatic N) is 4. The molecule has 0 bridgehead atoms. The highest BCUT2D eigenvalue weighted by Gasteiger charge is 2.25. The molecule has 0 saturated carbocycles. The molecule has 0 aliphatic carbocycles. The average molecular weight is 688 g/mol. The number of hydrogen-bond donors (Lipinski definition) is 0. The number of rotatable bonds is 7. The van der Waals surface area contributed by atoms with Crippen LogP contribution in [0.2, 0.25) is 0 Å². The summed E-state index contributed by atoms with van der Waals surface area (Å²) in [7, 11) is 2.75. The van der Waals surface area contributed by atoms with E-state index in [4.69, 9.17) is 9.47 Å². The molecule has 0 fully saturated rings. The van der Waals surface area contributed by atoms with Crippen LogP contribution in [0.4, 0.5) is 14.5 Å². The van der Waals surface area contributed by atoms with Gasteiger partial charge in [-0.1, -0.05) is 18.2 Å². The van der Waals surface area contributed by atoms with Crippen LogP contribution in [0, 0.1) is 25.3 Å². The zero-order valence-electron chi connectivity index (χ0n) is 21.8. The van der Waals surface area contributed by atoms with E-state index < -0.39 is 50.6 Å². The first-order chi connectivity index (χ1) is 20.0. The number of pyridine rings is 1. The molecule has 0 amide bonds. The van der Waals surface area contributed by atoms with E-state index in [1.54, 1.807) is 24.3 Å². The third-order valence-electron chi connectivity index (χ3n) is 6.48. The molecule has 0 unspecified atom stereocenters. The van der Waals surface area contributed by atoms with E-state index in [0.717, 1.165) is 31.9 Å². The topological polar surface area (TPSA) is 128 Å². The molecule has 0 saturated heterocycles. The van der Waals surface area contributed by atoms with Gasteiger partial charge < -0.3 is 9.47 Å². The first-order valence-electron chi connectivity index (χ1n) is 12.1. The summed E-state index contributed by atoms with van der Waals surface area (Å²) < 4.78 is 44.3. The minimum absolute atomic E-state index is 0.262. The van der Waals surface area contributed by atoms with E-state index in [-0.39, 0.29) is 23.3 Å². The Balaban J connectivity index is 1.87. The molecule has 0 N–H and O–H groups in total. The second kappa shape index (κ2) is 11.2. The summed E-state index contributed by atoms with van der Waals surface area (Å²) in [5.41, 5.74) is -3.64. The Hall–Kier alpha value is -4.86. The van der Waals surface area contributed by atoms with Crippen LogP contribution < -0.4 is 26.3 Å². The molecule has 0 radical (unpaired) electrons. The van der Waals surface area contributed by atoms with Gasteiger partial charge in [0.1, 0.15) is 28.3 Å². The Morgan fingerprint density at radius 3 is 2.33 bits per heavy atom. The van der Waals surface area contributed by atoms with Gasteiger partial charge in [0.25, 0.3) is 11.1 Å². The summed E-state index contributed by atoms with van der Waals surface area (Å²) in [6, 6.07) is 14.6. The fourth-order valence-corrected chi connectivity index (χ4v) is 4.86. The smallest absolute Gasteiger partial charge is 0.337 e. The molecule has 5 rings (SSSR count). The highest BCUT2D eigenvalue weighted by molar-refractivity contribution is 14.1. The van der Waals surface area contributed by atoms with Gasteiger partial charge in [-0.15, -0.1) is 0 Å². The summed E-state index contributed by atoms with van der Waals surface area (Å²) in [5.74, 6) is -2.75. The van der Waals surface area contributed by atoms with Gasteiger partial charge in [0.2, 0.25) is 5.82 Å². The molecule has 14 heteroatoms. The number of halogens is 3. The van der Waals surface area contributed by atoms with E-state index in [1.165, 1.54) is 38.4 Å². The molecule has 5 aromatic rings. The summed E-state index contributed by atoms with van der Waals surface area (Å²) in [6.07, 6.45) is 0. The van der Waals surface area contributed by atoms with Gasteiger partial charge in [0.05, 0.1) is 24.3 Å². The van der Waals surface area contributed by atoms with E-state index in [2.05, 4.69) is 0 Å². The van der Waals surface area contributed by atoms with Gasteiger partial charge in [-0.3, -0.25) is 28.8 Å². The molecule has 11 nitrogen and oxygen atoms in total. The number of nitro benzene ring substituents is 1. The van der Waals surface area contributed by atoms with Gasteiger partial charge in [0, 0.05) is 22.8 Å². The summed E-state index contributed by atoms with van der Waals surface area (Å²) >= 11 is 1.89. The lowest BCUT2D eigenvalue weighted by atomic mass is 10.2. The largest absolute Gasteiger partial charge is 0.497 e. The Morgan fingerprint density at radius 1 is 0.976 bits per heavy atom. The third kappa shape index (κ3) is 5.04. The van der Waals surface area contributed by atoms with Gasteiger partial charge in [-0.05, 0) is 64.6 Å². The molecule has 2 aromatic heterocycles. The highest BCUT2D eigenvalue weighted by Crippen LogP contribution is 2.32. The van der Waals surface area contributed by atoms with Crippen LogP contribution in [0.15, 0.2) is 81.1 Å². The van der Waals surface area contributed by atoms with Crippen LogP contribution in [-0.4, -0.2) is 25.7 Å². The highest BCUT2D eigenvalue weighted by atomic mass is 127. The van der Waals surface area contributed by atoms with Crippen molar-refractivity contribution in [1.29, 1.82) is 0 Å². The predicted molar refractivity (Wildman–Crippen MR) is 157 cm³/mol. The normalized spacial score (nSPS) is 11.1. The second-order valence-corrected chi connectivity index (χ2v) is 10.3. The Morgan fingerprint density at radius 2 is 1.69 bits per heavy atom. The minimum Gasteiger partial charge on any atom is -0.497 e. The molecule has 42 heavy (non-hydrogen) atoms. The van der Waals surface area contributed by atoms with Gasteiger partial charge >= 0.3 is 11.4 Å². The minimum atomic E-state index is -1.34. The molecule has 0 aliphatic rings. The van der Waals surface area contributed by atoms with Crippen molar-refractivity contribution in [3.05, 3.63) is 129 Å². The molecule has 0 aliphatic heterocycles. The quantitative estimate of drug-likeness (QED) is 0.140. The average Bonchev–Trinajstić information content (AvgIpc) is 2.95. The Labute approximate surface area is 248 Å². The van der Waals surface area contributed by atoms with Crippen molar-refractivity contribution >= 4 is 39.3 Å². The molecule has 0 spiro atoms. The monoisotopic (exact) mass is 688 g/mol. The van der Waals surface area contributed by atoms with Crippen molar-refractivity contribution in [3.8, 4) is 22.9 Å². The standard InChI is InChI=1S/C28H19F2IN4O7/c1-32-23(36)13-22(42-21-5-3-4-20(25(21)30)35(39)40)24-26(32)34(19-11-8-16(31)12-18(19)29)28(38)33(27(24)37)14-15-6-9-17(41-2)10-7-15/h3-13H,14H2,1-2H3. The summed E-state index contributed by atoms with van der Waals surface area (Å²) in [5, 5.41) is 10.9. The SMILES string of the molecule is COc1ccc(Cn2c(=O)c3c(Oc4cccc([N+](=O)[O-])c4F)cc(=O)n(C)c3n(-c3ccc(I)cc3F)c2=O)cc1. The van der Waals surface area contributed by atoms with Crippen molar-refractivity contribution in [2.75, 3.05) is 7.11 Å². The van der Waals surface area contributed by atoms with Gasteiger partial charge in [0.15, 0.2) is 5.75 Å². The molecule has 2 heterocycles. The van der Waals surface area contributed by atoms with Gasteiger partial charge in [-0.2, -0.15) is 4.39 Å². The molecule has 0 atom stereocenters. The number of nitro groups is 1. The van der Waals surface area contributed by atoms with Crippen LogP contribution >= 0.6 is 22.6 Å².